The van der Waals surface area contributed by atoms with E-state index in [0.717, 1.165) is 37.3 Å². The van der Waals surface area contributed by atoms with Crippen LogP contribution in [-0.4, -0.2) is 25.5 Å². The van der Waals surface area contributed by atoms with E-state index in [4.69, 9.17) is 5.73 Å². The number of anilines is 2. The summed E-state index contributed by atoms with van der Waals surface area (Å²) in [4.78, 5) is 14.4. The van der Waals surface area contributed by atoms with Gasteiger partial charge in [0.15, 0.2) is 0 Å². The molecule has 0 unspecified atom stereocenters. The van der Waals surface area contributed by atoms with Gasteiger partial charge in [0.25, 0.3) is 0 Å². The van der Waals surface area contributed by atoms with E-state index in [1.165, 1.54) is 37.7 Å². The second kappa shape index (κ2) is 8.44. The smallest absolute Gasteiger partial charge is 0.239 e. The molecule has 1 saturated carbocycles. The molecule has 128 valence electrons. The normalized spacial score (nSPS) is 18.0. The predicted octanol–water partition coefficient (Wildman–Crippen LogP) is 3.14. The summed E-state index contributed by atoms with van der Waals surface area (Å²) in [7, 11) is 0. The number of halogens is 1. The fraction of sp³-hybridized carbons (Fsp3) is 0.611. The first-order chi connectivity index (χ1) is 10.7. The Morgan fingerprint density at radius 1 is 1.22 bits per heavy atom. The number of rotatable bonds is 4. The van der Waals surface area contributed by atoms with E-state index in [2.05, 4.69) is 16.3 Å². The van der Waals surface area contributed by atoms with Crippen molar-refractivity contribution in [3.05, 3.63) is 23.8 Å². The van der Waals surface area contributed by atoms with E-state index < -0.39 is 0 Å². The van der Waals surface area contributed by atoms with Crippen LogP contribution in [0.4, 0.5) is 11.4 Å². The van der Waals surface area contributed by atoms with Crippen LogP contribution < -0.4 is 16.0 Å². The van der Waals surface area contributed by atoms with Crippen molar-refractivity contribution >= 4 is 29.7 Å². The van der Waals surface area contributed by atoms with E-state index in [9.17, 15) is 4.79 Å². The van der Waals surface area contributed by atoms with Crippen LogP contribution in [0.5, 0.6) is 0 Å². The molecule has 0 saturated heterocycles. The van der Waals surface area contributed by atoms with Crippen LogP contribution in [0.3, 0.4) is 0 Å². The van der Waals surface area contributed by atoms with Gasteiger partial charge in [-0.25, -0.2) is 0 Å². The minimum Gasteiger partial charge on any atom is -0.398 e. The topological polar surface area (TPSA) is 58.4 Å². The molecule has 1 amide bonds. The minimum absolute atomic E-state index is 0. The van der Waals surface area contributed by atoms with Gasteiger partial charge in [0.1, 0.15) is 0 Å². The number of hydrogen-bond donors (Lipinski definition) is 2. The summed E-state index contributed by atoms with van der Waals surface area (Å²) in [5, 5.41) is 3.13. The highest BCUT2D eigenvalue weighted by Gasteiger charge is 2.21. The number of amides is 1. The molecular formula is C18H28ClN3O. The van der Waals surface area contributed by atoms with Crippen LogP contribution in [0.15, 0.2) is 18.2 Å². The van der Waals surface area contributed by atoms with Crippen LogP contribution in [-0.2, 0) is 11.2 Å². The van der Waals surface area contributed by atoms with Gasteiger partial charge in [-0.3, -0.25) is 4.79 Å². The standard InChI is InChI=1S/C18H27N3O.ClH/c19-16-9-4-10-17-15(16)8-5-11-21(17)13-18(22)20-12-14-6-2-1-3-7-14;/h4,9-10,14H,1-3,5-8,11-13,19H2,(H,20,22);1H. The maximum absolute atomic E-state index is 12.3. The van der Waals surface area contributed by atoms with Crippen LogP contribution in [0.25, 0.3) is 0 Å². The average Bonchev–Trinajstić information content (AvgIpc) is 2.55. The number of nitrogens with two attached hydrogens (primary N) is 1. The zero-order valence-electron chi connectivity index (χ0n) is 13.7. The molecule has 23 heavy (non-hydrogen) atoms. The highest BCUT2D eigenvalue weighted by molar-refractivity contribution is 5.85. The fourth-order valence-corrected chi connectivity index (χ4v) is 3.77. The maximum Gasteiger partial charge on any atom is 0.239 e. The Bertz CT molecular complexity index is 529. The lowest BCUT2D eigenvalue weighted by Crippen LogP contribution is -2.41. The number of carbonyl (C=O) groups is 1. The molecule has 3 rings (SSSR count). The van der Waals surface area contributed by atoms with Crippen molar-refractivity contribution in [3.63, 3.8) is 0 Å². The van der Waals surface area contributed by atoms with Crippen molar-refractivity contribution in [2.24, 2.45) is 5.92 Å². The quantitative estimate of drug-likeness (QED) is 0.830. The number of carbonyl (C=O) groups excluding carboxylic acids is 1. The molecule has 0 atom stereocenters. The van der Waals surface area contributed by atoms with Crippen molar-refractivity contribution < 1.29 is 4.79 Å². The maximum atomic E-state index is 12.3. The molecule has 0 bridgehead atoms. The molecule has 1 aromatic carbocycles. The molecule has 1 aliphatic carbocycles. The number of nitrogens with zero attached hydrogens (tertiary/aromatic N) is 1. The first kappa shape index (κ1) is 17.9. The second-order valence-electron chi connectivity index (χ2n) is 6.68. The average molecular weight is 338 g/mol. The molecule has 1 fully saturated rings. The van der Waals surface area contributed by atoms with E-state index in [1.807, 2.05) is 12.1 Å². The lowest BCUT2D eigenvalue weighted by molar-refractivity contribution is -0.120. The number of nitrogen functional groups attached to an aromatic ring is 1. The molecule has 0 radical (unpaired) electrons. The van der Waals surface area contributed by atoms with Gasteiger partial charge in [-0.05, 0) is 49.3 Å². The van der Waals surface area contributed by atoms with Gasteiger partial charge >= 0.3 is 0 Å². The van der Waals surface area contributed by atoms with Gasteiger partial charge in [-0.15, -0.1) is 12.4 Å². The Morgan fingerprint density at radius 3 is 2.78 bits per heavy atom. The largest absolute Gasteiger partial charge is 0.398 e. The second-order valence-corrected chi connectivity index (χ2v) is 6.68. The van der Waals surface area contributed by atoms with Crippen LogP contribution in [0, 0.1) is 5.92 Å². The minimum atomic E-state index is 0. The molecule has 1 aromatic rings. The summed E-state index contributed by atoms with van der Waals surface area (Å²) >= 11 is 0. The molecule has 0 spiro atoms. The highest BCUT2D eigenvalue weighted by atomic mass is 35.5. The highest BCUT2D eigenvalue weighted by Crippen LogP contribution is 2.31. The predicted molar refractivity (Wildman–Crippen MR) is 98.2 cm³/mol. The van der Waals surface area contributed by atoms with Crippen LogP contribution >= 0.6 is 12.4 Å². The molecule has 3 N–H and O–H groups in total. The SMILES string of the molecule is Cl.Nc1cccc2c1CCCN2CC(=O)NCC1CCCCC1. The Labute approximate surface area is 145 Å². The number of hydrogen-bond acceptors (Lipinski definition) is 3. The van der Waals surface area contributed by atoms with Crippen molar-refractivity contribution in [2.45, 2.75) is 44.9 Å². The Balaban J connectivity index is 0.00000192. The summed E-state index contributed by atoms with van der Waals surface area (Å²) in [5.41, 5.74) is 9.26. The van der Waals surface area contributed by atoms with E-state index in [1.54, 1.807) is 0 Å². The molecule has 0 aromatic heterocycles. The van der Waals surface area contributed by atoms with Crippen molar-refractivity contribution in [1.82, 2.24) is 5.32 Å². The lowest BCUT2D eigenvalue weighted by Gasteiger charge is -2.31. The number of nitrogens with one attached hydrogen (secondary N) is 1. The number of fused-ring (bicyclic) bond motifs is 1. The van der Waals surface area contributed by atoms with Gasteiger partial charge in [0, 0.05) is 24.5 Å². The van der Waals surface area contributed by atoms with Gasteiger partial charge in [0.2, 0.25) is 5.91 Å². The van der Waals surface area contributed by atoms with E-state index in [-0.39, 0.29) is 18.3 Å². The third-order valence-corrected chi connectivity index (χ3v) is 5.03. The molecule has 2 aliphatic rings. The third-order valence-electron chi connectivity index (χ3n) is 5.03. The van der Waals surface area contributed by atoms with Gasteiger partial charge < -0.3 is 16.0 Å². The number of benzene rings is 1. The zero-order valence-corrected chi connectivity index (χ0v) is 14.5. The molecule has 1 aliphatic heterocycles. The van der Waals surface area contributed by atoms with Crippen LogP contribution in [0.1, 0.15) is 44.1 Å². The lowest BCUT2D eigenvalue weighted by atomic mass is 9.89. The molecule has 1 heterocycles. The van der Waals surface area contributed by atoms with Gasteiger partial charge in [-0.1, -0.05) is 25.3 Å². The Morgan fingerprint density at radius 2 is 2.00 bits per heavy atom. The van der Waals surface area contributed by atoms with Gasteiger partial charge in [0.05, 0.1) is 6.54 Å². The Kier molecular flexibility index (Phi) is 6.58. The molecule has 4 nitrogen and oxygen atoms in total. The first-order valence-electron chi connectivity index (χ1n) is 8.63. The van der Waals surface area contributed by atoms with Crippen molar-refractivity contribution in [3.8, 4) is 0 Å². The van der Waals surface area contributed by atoms with Crippen LogP contribution in [0.2, 0.25) is 0 Å². The third kappa shape index (κ3) is 4.54. The summed E-state index contributed by atoms with van der Waals surface area (Å²) in [6, 6.07) is 6.01. The fourth-order valence-electron chi connectivity index (χ4n) is 3.77. The van der Waals surface area contributed by atoms with Gasteiger partial charge in [-0.2, -0.15) is 0 Å². The monoisotopic (exact) mass is 337 g/mol. The molecular weight excluding hydrogens is 310 g/mol. The summed E-state index contributed by atoms with van der Waals surface area (Å²) in [6.45, 7) is 2.23. The molecule has 5 heteroatoms. The summed E-state index contributed by atoms with van der Waals surface area (Å²) < 4.78 is 0. The zero-order chi connectivity index (χ0) is 15.4. The first-order valence-corrected chi connectivity index (χ1v) is 8.63. The van der Waals surface area contributed by atoms with E-state index in [0.29, 0.717) is 12.5 Å². The Hall–Kier alpha value is -1.42. The van der Waals surface area contributed by atoms with Crippen molar-refractivity contribution in [1.29, 1.82) is 0 Å². The van der Waals surface area contributed by atoms with Crippen molar-refractivity contribution in [2.75, 3.05) is 30.3 Å². The summed E-state index contributed by atoms with van der Waals surface area (Å²) in [5.74, 6) is 0.822. The summed E-state index contributed by atoms with van der Waals surface area (Å²) in [6.07, 6.45) is 8.61. The van der Waals surface area contributed by atoms with E-state index >= 15 is 0 Å².